The predicted molar refractivity (Wildman–Crippen MR) is 67.7 cm³/mol. The SMILES string of the molecule is CCCC(C)CC(=O)NCC(CCC)C(=O)O. The van der Waals surface area contributed by atoms with Crippen molar-refractivity contribution in [3.8, 4) is 0 Å². The van der Waals surface area contributed by atoms with E-state index in [0.29, 0.717) is 18.8 Å². The molecule has 0 spiro atoms. The molecular formula is C13H25NO3. The number of amides is 1. The lowest BCUT2D eigenvalue weighted by Gasteiger charge is -2.14. The predicted octanol–water partition coefficient (Wildman–Crippen LogP) is 2.43. The van der Waals surface area contributed by atoms with Crippen LogP contribution in [-0.4, -0.2) is 23.5 Å². The zero-order valence-electron chi connectivity index (χ0n) is 11.2. The van der Waals surface area contributed by atoms with E-state index in [1.54, 1.807) is 0 Å². The molecule has 17 heavy (non-hydrogen) atoms. The topological polar surface area (TPSA) is 66.4 Å². The van der Waals surface area contributed by atoms with Crippen molar-refractivity contribution in [1.82, 2.24) is 5.32 Å². The van der Waals surface area contributed by atoms with Gasteiger partial charge in [0.15, 0.2) is 0 Å². The molecule has 0 aliphatic rings. The van der Waals surface area contributed by atoms with Gasteiger partial charge in [0.05, 0.1) is 5.92 Å². The third-order valence-corrected chi connectivity index (χ3v) is 2.85. The molecule has 4 nitrogen and oxygen atoms in total. The van der Waals surface area contributed by atoms with E-state index in [2.05, 4.69) is 12.2 Å². The fraction of sp³-hybridized carbons (Fsp3) is 0.846. The second kappa shape index (κ2) is 9.02. The number of carboxylic acid groups (broad SMARTS) is 1. The van der Waals surface area contributed by atoms with Crippen molar-refractivity contribution in [3.05, 3.63) is 0 Å². The van der Waals surface area contributed by atoms with E-state index in [1.807, 2.05) is 13.8 Å². The van der Waals surface area contributed by atoms with Crippen molar-refractivity contribution in [2.75, 3.05) is 6.54 Å². The van der Waals surface area contributed by atoms with Crippen molar-refractivity contribution in [2.24, 2.45) is 11.8 Å². The van der Waals surface area contributed by atoms with Crippen LogP contribution in [0.2, 0.25) is 0 Å². The molecule has 0 aromatic heterocycles. The molecule has 0 radical (unpaired) electrons. The molecule has 0 fully saturated rings. The number of hydrogen-bond donors (Lipinski definition) is 2. The molecule has 2 N–H and O–H groups in total. The minimum Gasteiger partial charge on any atom is -0.481 e. The number of aliphatic carboxylic acids is 1. The van der Waals surface area contributed by atoms with E-state index in [1.165, 1.54) is 0 Å². The smallest absolute Gasteiger partial charge is 0.308 e. The summed E-state index contributed by atoms with van der Waals surface area (Å²) >= 11 is 0. The summed E-state index contributed by atoms with van der Waals surface area (Å²) in [5, 5.41) is 11.7. The van der Waals surface area contributed by atoms with Gasteiger partial charge in [-0.05, 0) is 12.3 Å². The number of carboxylic acids is 1. The quantitative estimate of drug-likeness (QED) is 0.653. The maximum absolute atomic E-state index is 11.6. The Morgan fingerprint density at radius 3 is 2.24 bits per heavy atom. The number of carbonyl (C=O) groups is 2. The molecule has 0 bridgehead atoms. The first-order valence-electron chi connectivity index (χ1n) is 6.50. The lowest BCUT2D eigenvalue weighted by atomic mass is 10.0. The van der Waals surface area contributed by atoms with Crippen LogP contribution in [0.3, 0.4) is 0 Å². The standard InChI is InChI=1S/C13H25NO3/c1-4-6-10(3)8-12(15)14-9-11(7-5-2)13(16)17/h10-11H,4-9H2,1-3H3,(H,14,15)(H,16,17). The fourth-order valence-electron chi connectivity index (χ4n) is 1.88. The minimum absolute atomic E-state index is 0.0340. The Morgan fingerprint density at radius 1 is 1.18 bits per heavy atom. The van der Waals surface area contributed by atoms with Gasteiger partial charge in [0.1, 0.15) is 0 Å². The molecule has 0 aromatic rings. The number of hydrogen-bond acceptors (Lipinski definition) is 2. The minimum atomic E-state index is -0.825. The van der Waals surface area contributed by atoms with Gasteiger partial charge in [-0.3, -0.25) is 9.59 Å². The normalized spacial score (nSPS) is 14.1. The average Bonchev–Trinajstić information content (AvgIpc) is 2.23. The highest BCUT2D eigenvalue weighted by molar-refractivity contribution is 5.77. The van der Waals surface area contributed by atoms with Gasteiger partial charge >= 0.3 is 5.97 Å². The van der Waals surface area contributed by atoms with Crippen molar-refractivity contribution in [2.45, 2.75) is 52.9 Å². The number of rotatable bonds is 9. The average molecular weight is 243 g/mol. The van der Waals surface area contributed by atoms with Gasteiger partial charge < -0.3 is 10.4 Å². The second-order valence-electron chi connectivity index (χ2n) is 4.73. The maximum Gasteiger partial charge on any atom is 0.308 e. The molecule has 100 valence electrons. The van der Waals surface area contributed by atoms with Crippen molar-refractivity contribution in [3.63, 3.8) is 0 Å². The van der Waals surface area contributed by atoms with E-state index < -0.39 is 11.9 Å². The van der Waals surface area contributed by atoms with Crippen LogP contribution in [0, 0.1) is 11.8 Å². The highest BCUT2D eigenvalue weighted by Crippen LogP contribution is 2.10. The van der Waals surface area contributed by atoms with Crippen LogP contribution in [0.25, 0.3) is 0 Å². The van der Waals surface area contributed by atoms with Crippen LogP contribution < -0.4 is 5.32 Å². The molecule has 4 heteroatoms. The summed E-state index contributed by atoms with van der Waals surface area (Å²) < 4.78 is 0. The van der Waals surface area contributed by atoms with Crippen LogP contribution in [0.15, 0.2) is 0 Å². The molecule has 0 aliphatic carbocycles. The molecule has 0 heterocycles. The van der Waals surface area contributed by atoms with Gasteiger partial charge in [-0.2, -0.15) is 0 Å². The highest BCUT2D eigenvalue weighted by Gasteiger charge is 2.17. The lowest BCUT2D eigenvalue weighted by Crippen LogP contribution is -2.33. The van der Waals surface area contributed by atoms with E-state index in [4.69, 9.17) is 5.11 Å². The number of nitrogens with one attached hydrogen (secondary N) is 1. The maximum atomic E-state index is 11.6. The summed E-state index contributed by atoms with van der Waals surface area (Å²) in [4.78, 5) is 22.4. The third-order valence-electron chi connectivity index (χ3n) is 2.85. The van der Waals surface area contributed by atoms with E-state index in [0.717, 1.165) is 19.3 Å². The summed E-state index contributed by atoms with van der Waals surface area (Å²) in [5.41, 5.74) is 0. The Hall–Kier alpha value is -1.06. The molecule has 2 atom stereocenters. The van der Waals surface area contributed by atoms with Gasteiger partial charge in [-0.15, -0.1) is 0 Å². The zero-order valence-corrected chi connectivity index (χ0v) is 11.2. The molecule has 1 amide bonds. The number of carbonyl (C=O) groups excluding carboxylic acids is 1. The van der Waals surface area contributed by atoms with Crippen molar-refractivity contribution in [1.29, 1.82) is 0 Å². The Kier molecular flexibility index (Phi) is 8.46. The first kappa shape index (κ1) is 15.9. The molecule has 0 aromatic carbocycles. The monoisotopic (exact) mass is 243 g/mol. The van der Waals surface area contributed by atoms with Crippen LogP contribution in [0.1, 0.15) is 52.9 Å². The molecule has 2 unspecified atom stereocenters. The van der Waals surface area contributed by atoms with Gasteiger partial charge in [0.25, 0.3) is 0 Å². The molecule has 0 saturated carbocycles. The lowest BCUT2D eigenvalue weighted by molar-refractivity contribution is -0.141. The largest absolute Gasteiger partial charge is 0.481 e. The van der Waals surface area contributed by atoms with Crippen LogP contribution in [-0.2, 0) is 9.59 Å². The summed E-state index contributed by atoms with van der Waals surface area (Å²) in [6.07, 6.45) is 4.03. The van der Waals surface area contributed by atoms with E-state index in [9.17, 15) is 9.59 Å². The second-order valence-corrected chi connectivity index (χ2v) is 4.73. The molecule has 0 saturated heterocycles. The molecular weight excluding hydrogens is 218 g/mol. The molecule has 0 rings (SSSR count). The third kappa shape index (κ3) is 7.77. The molecule has 0 aliphatic heterocycles. The summed E-state index contributed by atoms with van der Waals surface area (Å²) in [5.74, 6) is -0.943. The Bertz CT molecular complexity index is 241. The summed E-state index contributed by atoms with van der Waals surface area (Å²) in [7, 11) is 0. The zero-order chi connectivity index (χ0) is 13.3. The van der Waals surface area contributed by atoms with Gasteiger partial charge in [-0.25, -0.2) is 0 Å². The van der Waals surface area contributed by atoms with E-state index >= 15 is 0 Å². The van der Waals surface area contributed by atoms with Gasteiger partial charge in [-0.1, -0.05) is 40.0 Å². The summed E-state index contributed by atoms with van der Waals surface area (Å²) in [6.45, 7) is 6.34. The van der Waals surface area contributed by atoms with Gasteiger partial charge in [0, 0.05) is 13.0 Å². The first-order valence-corrected chi connectivity index (χ1v) is 6.50. The summed E-state index contributed by atoms with van der Waals surface area (Å²) in [6, 6.07) is 0. The Labute approximate surface area is 104 Å². The van der Waals surface area contributed by atoms with Gasteiger partial charge in [0.2, 0.25) is 5.91 Å². The van der Waals surface area contributed by atoms with Crippen molar-refractivity contribution >= 4 is 11.9 Å². The van der Waals surface area contributed by atoms with Crippen LogP contribution >= 0.6 is 0 Å². The first-order chi connectivity index (χ1) is 8.01. The van der Waals surface area contributed by atoms with Crippen molar-refractivity contribution < 1.29 is 14.7 Å². The fourth-order valence-corrected chi connectivity index (χ4v) is 1.88. The van der Waals surface area contributed by atoms with Crippen LogP contribution in [0.4, 0.5) is 0 Å². The van der Waals surface area contributed by atoms with E-state index in [-0.39, 0.29) is 12.5 Å². The highest BCUT2D eigenvalue weighted by atomic mass is 16.4. The van der Waals surface area contributed by atoms with Crippen LogP contribution in [0.5, 0.6) is 0 Å². The Morgan fingerprint density at radius 2 is 1.76 bits per heavy atom. The Balaban J connectivity index is 3.91.